The lowest BCUT2D eigenvalue weighted by Gasteiger charge is -2.18. The van der Waals surface area contributed by atoms with Gasteiger partial charge in [0, 0.05) is 65.2 Å². The number of hydrogen-bond acceptors (Lipinski definition) is 21. The average Bonchev–Trinajstić information content (AvgIpc) is 4.58. The number of hydrogen-bond donors (Lipinski definition) is 6. The largest absolute Gasteiger partial charge is 0.361 e. The molecule has 0 aliphatic carbocycles. The summed E-state index contributed by atoms with van der Waals surface area (Å²) >= 11 is 5.06. The van der Waals surface area contributed by atoms with Gasteiger partial charge >= 0.3 is 0 Å². The smallest absolute Gasteiger partial charge is 0.277 e. The molecule has 6 amide bonds. The summed E-state index contributed by atoms with van der Waals surface area (Å²) in [5.41, 5.74) is 4.82. The van der Waals surface area contributed by atoms with Gasteiger partial charge in [0.2, 0.25) is 0 Å². The van der Waals surface area contributed by atoms with Crippen molar-refractivity contribution in [3.8, 4) is 0 Å². The van der Waals surface area contributed by atoms with Crippen LogP contribution in [0.1, 0.15) is 154 Å². The van der Waals surface area contributed by atoms with Crippen molar-refractivity contribution in [3.05, 3.63) is 195 Å². The first-order chi connectivity index (χ1) is 41.9. The molecule has 27 nitrogen and oxygen atoms in total. The van der Waals surface area contributed by atoms with Crippen molar-refractivity contribution in [2.24, 2.45) is 5.41 Å². The van der Waals surface area contributed by atoms with Gasteiger partial charge in [0.1, 0.15) is 40.3 Å². The molecule has 0 unspecified atom stereocenters. The van der Waals surface area contributed by atoms with E-state index in [9.17, 15) is 33.6 Å². The van der Waals surface area contributed by atoms with Crippen molar-refractivity contribution >= 4 is 86.4 Å². The average molecular weight is 1220 g/mol. The summed E-state index contributed by atoms with van der Waals surface area (Å²) in [6.07, 6.45) is 2.59. The number of benzene rings is 3. The van der Waals surface area contributed by atoms with E-state index in [2.05, 4.69) is 100 Å². The Morgan fingerprint density at radius 3 is 0.784 bits per heavy atom. The highest BCUT2D eigenvalue weighted by Crippen LogP contribution is 2.25. The van der Waals surface area contributed by atoms with Crippen LogP contribution in [0.5, 0.6) is 0 Å². The minimum Gasteiger partial charge on any atom is -0.361 e. The zero-order valence-electron chi connectivity index (χ0n) is 49.6. The predicted octanol–water partition coefficient (Wildman–Crippen LogP) is 12.5. The van der Waals surface area contributed by atoms with Crippen LogP contribution in [0.15, 0.2) is 147 Å². The molecule has 0 saturated heterocycles. The van der Waals surface area contributed by atoms with Gasteiger partial charge in [-0.05, 0) is 120 Å². The van der Waals surface area contributed by atoms with Crippen molar-refractivity contribution in [2.75, 3.05) is 31.9 Å². The number of nitrogens with zero attached hydrogens (tertiary/aromatic N) is 7. The lowest BCUT2D eigenvalue weighted by Crippen LogP contribution is -2.17. The van der Waals surface area contributed by atoms with Crippen LogP contribution in [0.4, 0.5) is 34.1 Å². The van der Waals surface area contributed by atoms with Crippen molar-refractivity contribution < 1.29 is 65.2 Å². The number of amides is 6. The number of halogens is 1. The van der Waals surface area contributed by atoms with Crippen LogP contribution < -0.4 is 31.9 Å². The molecule has 0 fully saturated rings. The number of aromatic nitrogens is 7. The van der Waals surface area contributed by atoms with E-state index in [0.717, 1.165) is 0 Å². The van der Waals surface area contributed by atoms with E-state index >= 15 is 0 Å². The third-order valence-corrected chi connectivity index (χ3v) is 12.3. The molecule has 0 saturated carbocycles. The van der Waals surface area contributed by atoms with Crippen LogP contribution in [-0.2, 0) is 0 Å². The Balaban J connectivity index is 0.000000187. The SMILES string of the molecule is CCC(C)(C)CC.Cc1cc(C(=O)Cl)no1.Cc1cc(C(=O)Nc2ccc(NC(=O)c3cc(C)on3)cc2)no1.Cc1cc(C(=O)Nc2cccc(NC(=O)c3cc(C)on3)c2)no1.Cc1cc(C(=O)Nc2ccccc2NC(=O)c2cc(C)on2)no1. The van der Waals surface area contributed by atoms with Crippen LogP contribution in [0.25, 0.3) is 0 Å². The summed E-state index contributed by atoms with van der Waals surface area (Å²) in [6.45, 7) is 21.0. The summed E-state index contributed by atoms with van der Waals surface area (Å²) in [6, 6.07) is 30.8. The fraction of sp³-hybridized carbons (Fsp3) is 0.233. The minimum atomic E-state index is -0.591. The molecule has 0 bridgehead atoms. The Morgan fingerprint density at radius 2 is 0.580 bits per heavy atom. The molecule has 0 spiro atoms. The molecule has 6 N–H and O–H groups in total. The first-order valence-electron chi connectivity index (χ1n) is 26.8. The molecular formula is C60H62ClN13O14. The second-order valence-electron chi connectivity index (χ2n) is 19.8. The van der Waals surface area contributed by atoms with E-state index in [1.54, 1.807) is 133 Å². The molecule has 28 heteroatoms. The number of rotatable bonds is 15. The Kier molecular flexibility index (Phi) is 23.4. The zero-order valence-corrected chi connectivity index (χ0v) is 50.4. The minimum absolute atomic E-state index is 0.153. The number of para-hydroxylation sites is 2. The fourth-order valence-electron chi connectivity index (χ4n) is 6.72. The Morgan fingerprint density at radius 1 is 0.341 bits per heavy atom. The van der Waals surface area contributed by atoms with Crippen molar-refractivity contribution in [3.63, 3.8) is 0 Å². The molecule has 88 heavy (non-hydrogen) atoms. The summed E-state index contributed by atoms with van der Waals surface area (Å²) in [5.74, 6) is 1.42. The number of aryl methyl sites for hydroxylation is 7. The van der Waals surface area contributed by atoms with E-state index in [4.69, 9.17) is 38.7 Å². The molecule has 7 aromatic heterocycles. The standard InChI is InChI=1S/3C16H14N4O4.C7H16.C5H4ClNO2/c1-9-7-13(19-23-9)15(21)17-11-3-5-12(6-4-11)18-16(22)14-8-10(2)24-20-14;1-9-6-13(19-23-9)15(21)17-11-4-3-5-12(8-11)18-16(22)14-7-10(2)24-20-14;1-9-7-13(19-23-9)15(21)17-11-5-3-4-6-12(11)18-16(22)14-8-10(2)24-20-14;1-5-7(3,4)6-2;1-3-2-4(5(6)8)7-9-3/h3*3-8H,1-2H3,(H,17,21)(H,18,22);5-6H2,1-4H3;2H,1H3. The zero-order chi connectivity index (χ0) is 64.1. The third-order valence-electron chi connectivity index (χ3n) is 12.1. The van der Waals surface area contributed by atoms with Crippen LogP contribution in [0.2, 0.25) is 0 Å². The molecule has 458 valence electrons. The van der Waals surface area contributed by atoms with Gasteiger partial charge in [-0.1, -0.05) is 94.8 Å². The molecule has 10 rings (SSSR count). The molecule has 0 aliphatic rings. The molecule has 3 aromatic carbocycles. The highest BCUT2D eigenvalue weighted by Gasteiger charge is 2.19. The maximum atomic E-state index is 12.2. The molecule has 0 radical (unpaired) electrons. The Hall–Kier alpha value is -11.1. The van der Waals surface area contributed by atoms with Crippen molar-refractivity contribution in [1.82, 2.24) is 36.1 Å². The maximum absolute atomic E-state index is 12.2. The van der Waals surface area contributed by atoms with E-state index in [1.807, 2.05) is 0 Å². The van der Waals surface area contributed by atoms with E-state index in [0.29, 0.717) is 79.9 Å². The predicted molar refractivity (Wildman–Crippen MR) is 320 cm³/mol. The van der Waals surface area contributed by atoms with E-state index < -0.39 is 28.9 Å². The van der Waals surface area contributed by atoms with Gasteiger partial charge in [0.25, 0.3) is 40.7 Å². The molecule has 7 heterocycles. The highest BCUT2D eigenvalue weighted by molar-refractivity contribution is 6.67. The lowest BCUT2D eigenvalue weighted by atomic mass is 9.88. The number of anilines is 6. The van der Waals surface area contributed by atoms with Crippen LogP contribution in [-0.4, -0.2) is 76.8 Å². The first kappa shape index (κ1) is 66.1. The summed E-state index contributed by atoms with van der Waals surface area (Å²) in [5, 5.41) is 40.8. The molecule has 0 aliphatic heterocycles. The number of carbonyl (C=O) groups excluding carboxylic acids is 7. The number of carbonyl (C=O) groups is 7. The fourth-order valence-corrected chi connectivity index (χ4v) is 6.80. The van der Waals surface area contributed by atoms with Crippen molar-refractivity contribution in [1.29, 1.82) is 0 Å². The summed E-state index contributed by atoms with van der Waals surface area (Å²) in [4.78, 5) is 82.6. The van der Waals surface area contributed by atoms with Crippen LogP contribution in [0, 0.1) is 53.9 Å². The van der Waals surface area contributed by atoms with Gasteiger partial charge < -0.3 is 63.6 Å². The number of nitrogens with one attached hydrogen (secondary N) is 6. The van der Waals surface area contributed by atoms with Gasteiger partial charge in [-0.15, -0.1) is 0 Å². The highest BCUT2D eigenvalue weighted by atomic mass is 35.5. The monoisotopic (exact) mass is 1220 g/mol. The van der Waals surface area contributed by atoms with Gasteiger partial charge in [-0.3, -0.25) is 33.6 Å². The van der Waals surface area contributed by atoms with E-state index in [1.165, 1.54) is 43.2 Å². The van der Waals surface area contributed by atoms with Gasteiger partial charge in [-0.25, -0.2) is 0 Å². The van der Waals surface area contributed by atoms with Gasteiger partial charge in [0.05, 0.1) is 11.4 Å². The van der Waals surface area contributed by atoms with Crippen molar-refractivity contribution in [2.45, 2.75) is 89.0 Å². The maximum Gasteiger partial charge on any atom is 0.277 e. The Bertz CT molecular complexity index is 3770. The third kappa shape index (κ3) is 20.6. The molecule has 0 atom stereocenters. The normalized spacial score (nSPS) is 10.5. The Labute approximate surface area is 507 Å². The summed E-state index contributed by atoms with van der Waals surface area (Å²) in [7, 11) is 0. The van der Waals surface area contributed by atoms with Crippen LogP contribution in [0.3, 0.4) is 0 Å². The van der Waals surface area contributed by atoms with Gasteiger partial charge in [-0.2, -0.15) is 0 Å². The molecular weight excluding hydrogens is 1160 g/mol. The second-order valence-corrected chi connectivity index (χ2v) is 20.2. The quantitative estimate of drug-likeness (QED) is 0.0519. The second kappa shape index (κ2) is 31.2. The topological polar surface area (TPSA) is 374 Å². The molecule has 10 aromatic rings. The first-order valence-corrected chi connectivity index (χ1v) is 27.2. The summed E-state index contributed by atoms with van der Waals surface area (Å²) < 4.78 is 33.8. The van der Waals surface area contributed by atoms with Gasteiger partial charge in [0.15, 0.2) is 39.9 Å². The van der Waals surface area contributed by atoms with Crippen LogP contribution >= 0.6 is 11.6 Å². The lowest BCUT2D eigenvalue weighted by molar-refractivity contribution is 0.100. The van der Waals surface area contributed by atoms with E-state index in [-0.39, 0.29) is 51.7 Å².